The van der Waals surface area contributed by atoms with Gasteiger partial charge in [0.05, 0.1) is 0 Å². The van der Waals surface area contributed by atoms with E-state index in [1.165, 1.54) is 6.08 Å². The maximum absolute atomic E-state index is 12.2. The van der Waals surface area contributed by atoms with Crippen LogP contribution < -0.4 is 10.6 Å². The second-order valence-corrected chi connectivity index (χ2v) is 7.94. The molecule has 0 unspecified atom stereocenters. The van der Waals surface area contributed by atoms with Gasteiger partial charge in [-0.25, -0.2) is 0 Å². The van der Waals surface area contributed by atoms with Crippen molar-refractivity contribution in [3.63, 3.8) is 0 Å². The molecule has 2 N–H and O–H groups in total. The highest BCUT2D eigenvalue weighted by Gasteiger charge is 2.07. The van der Waals surface area contributed by atoms with Gasteiger partial charge in [-0.15, -0.1) is 0 Å². The Balaban J connectivity index is 1.39. The van der Waals surface area contributed by atoms with Gasteiger partial charge in [-0.3, -0.25) is 10.1 Å². The topological polar surface area (TPSA) is 54.3 Å². The van der Waals surface area contributed by atoms with Gasteiger partial charge < -0.3 is 9.73 Å². The van der Waals surface area contributed by atoms with Crippen LogP contribution >= 0.6 is 35.4 Å². The first kappa shape index (κ1) is 21.1. The summed E-state index contributed by atoms with van der Waals surface area (Å²) in [6, 6.07) is 22.5. The van der Waals surface area contributed by atoms with Crippen molar-refractivity contribution in [2.75, 3.05) is 5.32 Å². The van der Waals surface area contributed by atoms with Crippen molar-refractivity contribution in [3.8, 4) is 11.3 Å². The van der Waals surface area contributed by atoms with E-state index in [1.54, 1.807) is 36.4 Å². The van der Waals surface area contributed by atoms with Gasteiger partial charge in [0, 0.05) is 32.8 Å². The normalized spacial score (nSPS) is 11.0. The molecule has 4 nitrogen and oxygen atoms in total. The number of nitrogens with one attached hydrogen (secondary N) is 2. The number of rotatable bonds is 4. The number of hydrogen-bond donors (Lipinski definition) is 2. The lowest BCUT2D eigenvalue weighted by atomic mass is 10.1. The number of fused-ring (bicyclic) bond motifs is 1. The van der Waals surface area contributed by atoms with Crippen LogP contribution in [0.15, 0.2) is 83.3 Å². The number of carbonyl (C=O) groups excluding carboxylic acids is 1. The van der Waals surface area contributed by atoms with Gasteiger partial charge in [0.15, 0.2) is 5.11 Å². The van der Waals surface area contributed by atoms with Crippen molar-refractivity contribution < 1.29 is 9.21 Å². The molecule has 0 spiro atoms. The molecule has 1 amide bonds. The van der Waals surface area contributed by atoms with Gasteiger partial charge in [0.2, 0.25) is 5.91 Å². The van der Waals surface area contributed by atoms with E-state index in [1.807, 2.05) is 42.5 Å². The quantitative estimate of drug-likeness (QED) is 0.252. The number of halogens is 2. The predicted molar refractivity (Wildman–Crippen MR) is 132 cm³/mol. The summed E-state index contributed by atoms with van der Waals surface area (Å²) in [5, 5.41) is 9.04. The molecule has 0 saturated carbocycles. The zero-order valence-corrected chi connectivity index (χ0v) is 18.4. The highest BCUT2D eigenvalue weighted by Crippen LogP contribution is 2.29. The van der Waals surface area contributed by atoms with Gasteiger partial charge in [-0.05, 0) is 60.1 Å². The minimum Gasteiger partial charge on any atom is -0.457 e. The minimum atomic E-state index is -0.374. The zero-order chi connectivity index (χ0) is 21.8. The average molecular weight is 467 g/mol. The fraction of sp³-hybridized carbons (Fsp3) is 0. The summed E-state index contributed by atoms with van der Waals surface area (Å²) in [5.74, 6) is 0.730. The molecule has 1 aromatic heterocycles. The molecule has 0 saturated heterocycles. The monoisotopic (exact) mass is 466 g/mol. The number of benzene rings is 3. The third-order valence-electron chi connectivity index (χ3n) is 4.45. The van der Waals surface area contributed by atoms with Crippen molar-refractivity contribution in [2.24, 2.45) is 0 Å². The first-order valence-corrected chi connectivity index (χ1v) is 10.5. The van der Waals surface area contributed by atoms with E-state index in [2.05, 4.69) is 10.6 Å². The standard InChI is InChI=1S/C24H16Cl2N2O2S/c25-17-12-16(13-18(26)14-17)22-10-8-19(30-22)9-11-23(29)28-24(31)27-21-7-3-5-15-4-1-2-6-20(15)21/h1-14H,(H2,27,28,29,31)/b11-9+. The summed E-state index contributed by atoms with van der Waals surface area (Å²) in [5.41, 5.74) is 1.57. The molecule has 31 heavy (non-hydrogen) atoms. The van der Waals surface area contributed by atoms with Crippen LogP contribution in [0.5, 0.6) is 0 Å². The number of furan rings is 1. The van der Waals surface area contributed by atoms with E-state index in [0.29, 0.717) is 21.6 Å². The summed E-state index contributed by atoms with van der Waals surface area (Å²) >= 11 is 17.3. The van der Waals surface area contributed by atoms with Crippen molar-refractivity contribution in [1.29, 1.82) is 0 Å². The Morgan fingerprint density at radius 2 is 1.68 bits per heavy atom. The molecule has 0 aliphatic carbocycles. The van der Waals surface area contributed by atoms with E-state index in [0.717, 1.165) is 22.0 Å². The maximum atomic E-state index is 12.2. The molecule has 0 aliphatic rings. The van der Waals surface area contributed by atoms with Crippen LogP contribution in [0.3, 0.4) is 0 Å². The fourth-order valence-corrected chi connectivity index (χ4v) is 3.83. The largest absolute Gasteiger partial charge is 0.457 e. The summed E-state index contributed by atoms with van der Waals surface area (Å²) < 4.78 is 5.75. The van der Waals surface area contributed by atoms with Gasteiger partial charge in [0.1, 0.15) is 11.5 Å². The third kappa shape index (κ3) is 5.33. The number of anilines is 1. The molecule has 0 fully saturated rings. The molecule has 154 valence electrons. The SMILES string of the molecule is O=C(/C=C/c1ccc(-c2cc(Cl)cc(Cl)c2)o1)NC(=S)Nc1cccc2ccccc12. The highest BCUT2D eigenvalue weighted by atomic mass is 35.5. The molecule has 3 aromatic carbocycles. The minimum absolute atomic E-state index is 0.208. The Morgan fingerprint density at radius 1 is 0.935 bits per heavy atom. The third-order valence-corrected chi connectivity index (χ3v) is 5.09. The van der Waals surface area contributed by atoms with Crippen LogP contribution in [0.25, 0.3) is 28.2 Å². The summed E-state index contributed by atoms with van der Waals surface area (Å²) in [6.45, 7) is 0. The molecular weight excluding hydrogens is 451 g/mol. The van der Waals surface area contributed by atoms with Crippen LogP contribution in [0.4, 0.5) is 5.69 Å². The summed E-state index contributed by atoms with van der Waals surface area (Å²) in [7, 11) is 0. The molecule has 0 aliphatic heterocycles. The molecule has 0 bridgehead atoms. The van der Waals surface area contributed by atoms with E-state index in [4.69, 9.17) is 39.8 Å². The molecular formula is C24H16Cl2N2O2S. The van der Waals surface area contributed by atoms with E-state index < -0.39 is 0 Å². The maximum Gasteiger partial charge on any atom is 0.250 e. The smallest absolute Gasteiger partial charge is 0.250 e. The van der Waals surface area contributed by atoms with Crippen molar-refractivity contribution in [1.82, 2.24) is 5.32 Å². The second kappa shape index (κ2) is 9.35. The predicted octanol–water partition coefficient (Wildman–Crippen LogP) is 6.93. The molecule has 0 radical (unpaired) electrons. The van der Waals surface area contributed by atoms with Gasteiger partial charge in [-0.2, -0.15) is 0 Å². The lowest BCUT2D eigenvalue weighted by molar-refractivity contribution is -0.115. The van der Waals surface area contributed by atoms with Crippen LogP contribution in [0.1, 0.15) is 5.76 Å². The van der Waals surface area contributed by atoms with Crippen molar-refractivity contribution in [3.05, 3.63) is 94.7 Å². The molecule has 0 atom stereocenters. The van der Waals surface area contributed by atoms with E-state index in [-0.39, 0.29) is 11.0 Å². The van der Waals surface area contributed by atoms with Crippen molar-refractivity contribution >= 4 is 69.0 Å². The molecule has 4 rings (SSSR count). The number of thiocarbonyl (C=S) groups is 1. The Kier molecular flexibility index (Phi) is 6.37. The molecule has 7 heteroatoms. The second-order valence-electron chi connectivity index (χ2n) is 6.66. The number of carbonyl (C=O) groups is 1. The van der Waals surface area contributed by atoms with Gasteiger partial charge in [0.25, 0.3) is 0 Å². The molecule has 4 aromatic rings. The Morgan fingerprint density at radius 3 is 2.48 bits per heavy atom. The first-order valence-electron chi connectivity index (χ1n) is 9.32. The van der Waals surface area contributed by atoms with Gasteiger partial charge in [-0.1, -0.05) is 59.6 Å². The van der Waals surface area contributed by atoms with Crippen LogP contribution in [-0.4, -0.2) is 11.0 Å². The Hall–Kier alpha value is -3.12. The Labute approximate surface area is 194 Å². The lowest BCUT2D eigenvalue weighted by Gasteiger charge is -2.10. The van der Waals surface area contributed by atoms with Gasteiger partial charge >= 0.3 is 0 Å². The Bertz CT molecular complexity index is 1290. The summed E-state index contributed by atoms with van der Waals surface area (Å²) in [4.78, 5) is 12.2. The van der Waals surface area contributed by atoms with E-state index in [9.17, 15) is 4.79 Å². The summed E-state index contributed by atoms with van der Waals surface area (Å²) in [6.07, 6.45) is 2.91. The van der Waals surface area contributed by atoms with Crippen molar-refractivity contribution in [2.45, 2.75) is 0 Å². The van der Waals surface area contributed by atoms with Crippen LogP contribution in [-0.2, 0) is 4.79 Å². The first-order chi connectivity index (χ1) is 15.0. The lowest BCUT2D eigenvalue weighted by Crippen LogP contribution is -2.32. The highest BCUT2D eigenvalue weighted by molar-refractivity contribution is 7.80. The fourth-order valence-electron chi connectivity index (χ4n) is 3.09. The van der Waals surface area contributed by atoms with Crippen LogP contribution in [0.2, 0.25) is 10.0 Å². The molecule has 1 heterocycles. The number of hydrogen-bond acceptors (Lipinski definition) is 3. The average Bonchev–Trinajstić information content (AvgIpc) is 3.21. The zero-order valence-electron chi connectivity index (χ0n) is 16.1. The number of amides is 1. The van der Waals surface area contributed by atoms with E-state index >= 15 is 0 Å². The van der Waals surface area contributed by atoms with Crippen LogP contribution in [0, 0.1) is 0 Å².